The second-order valence-electron chi connectivity index (χ2n) is 4.54. The molecule has 0 aromatic heterocycles. The van der Waals surface area contributed by atoms with E-state index in [1.165, 1.54) is 9.13 Å². The second kappa shape index (κ2) is 7.13. The standard InChI is InChI=1S/C16H16INOS/c1-11-9-14(17)7-8-15(11)18-16(19)13-5-3-12(4-6-13)10-20-2/h3-9H,10H2,1-2H3,(H,18,19). The molecule has 0 spiro atoms. The van der Waals surface area contributed by atoms with Crippen molar-refractivity contribution in [2.45, 2.75) is 12.7 Å². The third kappa shape index (κ3) is 3.99. The molecule has 0 unspecified atom stereocenters. The highest BCUT2D eigenvalue weighted by atomic mass is 127. The molecule has 2 aromatic rings. The van der Waals surface area contributed by atoms with Gasteiger partial charge in [0, 0.05) is 20.6 Å². The number of nitrogens with one attached hydrogen (secondary N) is 1. The molecule has 0 saturated heterocycles. The van der Waals surface area contributed by atoms with Crippen LogP contribution in [0, 0.1) is 10.5 Å². The van der Waals surface area contributed by atoms with Crippen LogP contribution < -0.4 is 5.32 Å². The maximum atomic E-state index is 12.2. The lowest BCUT2D eigenvalue weighted by molar-refractivity contribution is 0.102. The predicted molar refractivity (Wildman–Crippen MR) is 95.5 cm³/mol. The molecule has 0 aliphatic rings. The van der Waals surface area contributed by atoms with Crippen molar-refractivity contribution in [3.05, 3.63) is 62.7 Å². The van der Waals surface area contributed by atoms with Gasteiger partial charge in [-0.05, 0) is 77.2 Å². The number of carbonyl (C=O) groups is 1. The number of aryl methyl sites for hydroxylation is 1. The van der Waals surface area contributed by atoms with E-state index < -0.39 is 0 Å². The van der Waals surface area contributed by atoms with Crippen LogP contribution in [0.5, 0.6) is 0 Å². The number of carbonyl (C=O) groups excluding carboxylic acids is 1. The molecule has 0 bridgehead atoms. The van der Waals surface area contributed by atoms with E-state index >= 15 is 0 Å². The van der Waals surface area contributed by atoms with Gasteiger partial charge in [-0.3, -0.25) is 4.79 Å². The Morgan fingerprint density at radius 3 is 2.50 bits per heavy atom. The summed E-state index contributed by atoms with van der Waals surface area (Å²) in [6, 6.07) is 13.8. The zero-order chi connectivity index (χ0) is 14.5. The van der Waals surface area contributed by atoms with Gasteiger partial charge in [0.2, 0.25) is 0 Å². The van der Waals surface area contributed by atoms with Crippen molar-refractivity contribution in [1.29, 1.82) is 0 Å². The van der Waals surface area contributed by atoms with E-state index in [4.69, 9.17) is 0 Å². The molecule has 104 valence electrons. The highest BCUT2D eigenvalue weighted by molar-refractivity contribution is 14.1. The van der Waals surface area contributed by atoms with Crippen molar-refractivity contribution in [3.63, 3.8) is 0 Å². The van der Waals surface area contributed by atoms with Gasteiger partial charge in [0.15, 0.2) is 0 Å². The van der Waals surface area contributed by atoms with Gasteiger partial charge in [-0.15, -0.1) is 0 Å². The summed E-state index contributed by atoms with van der Waals surface area (Å²) in [6.45, 7) is 2.00. The van der Waals surface area contributed by atoms with Crippen LogP contribution in [-0.4, -0.2) is 12.2 Å². The van der Waals surface area contributed by atoms with E-state index in [-0.39, 0.29) is 5.91 Å². The minimum absolute atomic E-state index is 0.0648. The van der Waals surface area contributed by atoms with Gasteiger partial charge in [-0.25, -0.2) is 0 Å². The van der Waals surface area contributed by atoms with E-state index in [0.29, 0.717) is 5.56 Å². The Labute approximate surface area is 137 Å². The highest BCUT2D eigenvalue weighted by Gasteiger charge is 2.07. The molecular weight excluding hydrogens is 381 g/mol. The minimum Gasteiger partial charge on any atom is -0.322 e. The molecule has 0 saturated carbocycles. The number of hydrogen-bond acceptors (Lipinski definition) is 2. The molecule has 0 atom stereocenters. The summed E-state index contributed by atoms with van der Waals surface area (Å²) in [4.78, 5) is 12.2. The van der Waals surface area contributed by atoms with Crippen molar-refractivity contribution in [2.24, 2.45) is 0 Å². The number of halogens is 1. The summed E-state index contributed by atoms with van der Waals surface area (Å²) in [5.74, 6) is 0.906. The fraction of sp³-hybridized carbons (Fsp3) is 0.188. The molecule has 0 fully saturated rings. The number of anilines is 1. The Balaban J connectivity index is 2.11. The molecule has 20 heavy (non-hydrogen) atoms. The topological polar surface area (TPSA) is 29.1 Å². The first-order valence-corrected chi connectivity index (χ1v) is 8.73. The lowest BCUT2D eigenvalue weighted by Crippen LogP contribution is -2.12. The van der Waals surface area contributed by atoms with Gasteiger partial charge in [-0.2, -0.15) is 11.8 Å². The predicted octanol–water partition coefficient (Wildman–Crippen LogP) is 4.71. The summed E-state index contributed by atoms with van der Waals surface area (Å²) in [6.07, 6.45) is 2.07. The molecule has 1 N–H and O–H groups in total. The quantitative estimate of drug-likeness (QED) is 0.757. The van der Waals surface area contributed by atoms with Gasteiger partial charge < -0.3 is 5.32 Å². The Bertz CT molecular complexity index is 610. The largest absolute Gasteiger partial charge is 0.322 e. The first-order chi connectivity index (χ1) is 9.60. The summed E-state index contributed by atoms with van der Waals surface area (Å²) in [5, 5.41) is 2.96. The average molecular weight is 397 g/mol. The molecule has 0 aliphatic carbocycles. The van der Waals surface area contributed by atoms with Crippen LogP contribution in [0.4, 0.5) is 5.69 Å². The van der Waals surface area contributed by atoms with Gasteiger partial charge in [0.1, 0.15) is 0 Å². The molecule has 2 rings (SSSR count). The van der Waals surface area contributed by atoms with E-state index in [0.717, 1.165) is 17.0 Å². The minimum atomic E-state index is -0.0648. The van der Waals surface area contributed by atoms with Crippen LogP contribution in [0.15, 0.2) is 42.5 Å². The zero-order valence-electron chi connectivity index (χ0n) is 11.4. The van der Waals surface area contributed by atoms with Crippen molar-refractivity contribution < 1.29 is 4.79 Å². The number of thioether (sulfide) groups is 1. The van der Waals surface area contributed by atoms with Crippen LogP contribution in [-0.2, 0) is 5.75 Å². The van der Waals surface area contributed by atoms with Crippen LogP contribution >= 0.6 is 34.4 Å². The van der Waals surface area contributed by atoms with E-state index in [2.05, 4.69) is 40.2 Å². The van der Waals surface area contributed by atoms with E-state index in [9.17, 15) is 4.79 Å². The molecule has 0 radical (unpaired) electrons. The van der Waals surface area contributed by atoms with Crippen LogP contribution in [0.25, 0.3) is 0 Å². The molecule has 0 aliphatic heterocycles. The van der Waals surface area contributed by atoms with Crippen molar-refractivity contribution in [2.75, 3.05) is 11.6 Å². The number of benzene rings is 2. The Morgan fingerprint density at radius 1 is 1.20 bits per heavy atom. The van der Waals surface area contributed by atoms with Gasteiger partial charge >= 0.3 is 0 Å². The molecule has 4 heteroatoms. The van der Waals surface area contributed by atoms with Crippen LogP contribution in [0.3, 0.4) is 0 Å². The highest BCUT2D eigenvalue weighted by Crippen LogP contribution is 2.19. The Hall–Kier alpha value is -1.01. The molecule has 0 heterocycles. The number of amides is 1. The molecule has 2 nitrogen and oxygen atoms in total. The third-order valence-electron chi connectivity index (χ3n) is 2.96. The SMILES string of the molecule is CSCc1ccc(C(=O)Nc2ccc(I)cc2C)cc1. The average Bonchev–Trinajstić information content (AvgIpc) is 2.43. The summed E-state index contributed by atoms with van der Waals surface area (Å²) >= 11 is 4.04. The summed E-state index contributed by atoms with van der Waals surface area (Å²) < 4.78 is 1.17. The fourth-order valence-corrected chi connectivity index (χ4v) is 3.05. The molecule has 2 aromatic carbocycles. The first-order valence-electron chi connectivity index (χ1n) is 6.25. The van der Waals surface area contributed by atoms with E-state index in [1.54, 1.807) is 11.8 Å². The van der Waals surface area contributed by atoms with Gasteiger partial charge in [0.05, 0.1) is 0 Å². The monoisotopic (exact) mass is 397 g/mol. The number of rotatable bonds is 4. The van der Waals surface area contributed by atoms with Crippen molar-refractivity contribution >= 4 is 45.9 Å². The fourth-order valence-electron chi connectivity index (χ4n) is 1.88. The van der Waals surface area contributed by atoms with E-state index in [1.807, 2.05) is 43.3 Å². The maximum Gasteiger partial charge on any atom is 0.255 e. The zero-order valence-corrected chi connectivity index (χ0v) is 14.4. The van der Waals surface area contributed by atoms with Crippen LogP contribution in [0.2, 0.25) is 0 Å². The Kier molecular flexibility index (Phi) is 5.48. The third-order valence-corrected chi connectivity index (χ3v) is 4.26. The lowest BCUT2D eigenvalue weighted by Gasteiger charge is -2.09. The maximum absolute atomic E-state index is 12.2. The normalized spacial score (nSPS) is 10.3. The van der Waals surface area contributed by atoms with Crippen molar-refractivity contribution in [3.8, 4) is 0 Å². The lowest BCUT2D eigenvalue weighted by atomic mass is 10.1. The van der Waals surface area contributed by atoms with Crippen LogP contribution in [0.1, 0.15) is 21.5 Å². The van der Waals surface area contributed by atoms with Crippen molar-refractivity contribution in [1.82, 2.24) is 0 Å². The summed E-state index contributed by atoms with van der Waals surface area (Å²) in [7, 11) is 0. The van der Waals surface area contributed by atoms with Gasteiger partial charge in [0.25, 0.3) is 5.91 Å². The second-order valence-corrected chi connectivity index (χ2v) is 6.65. The number of hydrogen-bond donors (Lipinski definition) is 1. The summed E-state index contributed by atoms with van der Waals surface area (Å²) in [5.41, 5.74) is 3.86. The molecular formula is C16H16INOS. The Morgan fingerprint density at radius 2 is 1.90 bits per heavy atom. The molecule has 1 amide bonds. The first kappa shape index (κ1) is 15.4. The van der Waals surface area contributed by atoms with Gasteiger partial charge in [-0.1, -0.05) is 12.1 Å². The smallest absolute Gasteiger partial charge is 0.255 e.